The molecule has 0 aromatic heterocycles. The van der Waals surface area contributed by atoms with E-state index < -0.39 is 0 Å². The summed E-state index contributed by atoms with van der Waals surface area (Å²) in [5.41, 5.74) is 7.82. The summed E-state index contributed by atoms with van der Waals surface area (Å²) in [6.07, 6.45) is 0. The van der Waals surface area contributed by atoms with Crippen molar-refractivity contribution in [2.75, 3.05) is 19.0 Å². The molecule has 5 heteroatoms. The quantitative estimate of drug-likeness (QED) is 0.601. The van der Waals surface area contributed by atoms with Gasteiger partial charge in [-0.05, 0) is 24.1 Å². The summed E-state index contributed by atoms with van der Waals surface area (Å²) < 4.78 is 11.0. The van der Waals surface area contributed by atoms with Gasteiger partial charge in [-0.15, -0.1) is 0 Å². The number of rotatable bonds is 7. The number of aliphatic imine (C=N–C) groups is 1. The first-order chi connectivity index (χ1) is 11.6. The molecule has 0 saturated heterocycles. The molecule has 0 heterocycles. The Kier molecular flexibility index (Phi) is 6.49. The van der Waals surface area contributed by atoms with E-state index in [1.54, 1.807) is 7.11 Å². The largest absolute Gasteiger partial charge is 0.497 e. The highest BCUT2D eigenvalue weighted by Gasteiger charge is 2.04. The Balaban J connectivity index is 2.01. The van der Waals surface area contributed by atoms with Crippen LogP contribution in [-0.4, -0.2) is 19.7 Å². The number of hydrogen-bond acceptors (Lipinski definition) is 3. The summed E-state index contributed by atoms with van der Waals surface area (Å²) in [6, 6.07) is 15.4. The fraction of sp³-hybridized carbons (Fsp3) is 0.316. The third-order valence-electron chi connectivity index (χ3n) is 3.31. The topological polar surface area (TPSA) is 68.9 Å². The van der Waals surface area contributed by atoms with E-state index in [4.69, 9.17) is 15.2 Å². The van der Waals surface area contributed by atoms with Gasteiger partial charge in [-0.1, -0.05) is 38.1 Å². The lowest BCUT2D eigenvalue weighted by Gasteiger charge is -2.12. The van der Waals surface area contributed by atoms with Crippen molar-refractivity contribution in [1.82, 2.24) is 0 Å². The normalized spacial score (nSPS) is 11.4. The summed E-state index contributed by atoms with van der Waals surface area (Å²) >= 11 is 0. The Morgan fingerprint density at radius 3 is 2.71 bits per heavy atom. The molecule has 0 aliphatic carbocycles. The van der Waals surface area contributed by atoms with Crippen LogP contribution in [0, 0.1) is 5.92 Å². The van der Waals surface area contributed by atoms with Gasteiger partial charge in [0.25, 0.3) is 0 Å². The van der Waals surface area contributed by atoms with Crippen molar-refractivity contribution < 1.29 is 9.47 Å². The SMILES string of the molecule is COc1cccc(NC(N)=NCc2ccccc2OCC(C)C)c1. The molecule has 24 heavy (non-hydrogen) atoms. The number of nitrogens with one attached hydrogen (secondary N) is 1. The standard InChI is InChI=1S/C19H25N3O2/c1-14(2)13-24-18-10-5-4-7-15(18)12-21-19(20)22-16-8-6-9-17(11-16)23-3/h4-11,14H,12-13H2,1-3H3,(H3,20,21,22). The van der Waals surface area contributed by atoms with Gasteiger partial charge in [0.1, 0.15) is 11.5 Å². The number of methoxy groups -OCH3 is 1. The minimum Gasteiger partial charge on any atom is -0.497 e. The van der Waals surface area contributed by atoms with Crippen LogP contribution in [0.4, 0.5) is 5.69 Å². The van der Waals surface area contributed by atoms with Crippen LogP contribution < -0.4 is 20.5 Å². The molecule has 3 N–H and O–H groups in total. The number of guanidine groups is 1. The second-order valence-electron chi connectivity index (χ2n) is 5.87. The van der Waals surface area contributed by atoms with E-state index in [0.29, 0.717) is 25.0 Å². The zero-order valence-electron chi connectivity index (χ0n) is 14.5. The molecule has 0 spiro atoms. The van der Waals surface area contributed by atoms with Gasteiger partial charge < -0.3 is 20.5 Å². The Bertz CT molecular complexity index is 684. The van der Waals surface area contributed by atoms with Crippen molar-refractivity contribution in [3.05, 3.63) is 54.1 Å². The first-order valence-electron chi connectivity index (χ1n) is 8.00. The summed E-state index contributed by atoms with van der Waals surface area (Å²) in [5.74, 6) is 2.44. The lowest BCUT2D eigenvalue weighted by molar-refractivity contribution is 0.268. The van der Waals surface area contributed by atoms with Crippen LogP contribution >= 0.6 is 0 Å². The summed E-state index contributed by atoms with van der Waals surface area (Å²) in [6.45, 7) is 5.38. The number of nitrogens with two attached hydrogens (primary N) is 1. The van der Waals surface area contributed by atoms with E-state index in [-0.39, 0.29) is 0 Å². The van der Waals surface area contributed by atoms with E-state index in [1.165, 1.54) is 0 Å². The number of hydrogen-bond donors (Lipinski definition) is 2. The Morgan fingerprint density at radius 1 is 1.17 bits per heavy atom. The van der Waals surface area contributed by atoms with Crippen molar-refractivity contribution in [3.63, 3.8) is 0 Å². The minimum absolute atomic E-state index is 0.349. The molecule has 0 saturated carbocycles. The maximum atomic E-state index is 5.97. The highest BCUT2D eigenvalue weighted by atomic mass is 16.5. The Morgan fingerprint density at radius 2 is 1.96 bits per heavy atom. The molecule has 0 fully saturated rings. The van der Waals surface area contributed by atoms with Gasteiger partial charge in [-0.3, -0.25) is 0 Å². The molecule has 0 amide bonds. The van der Waals surface area contributed by atoms with E-state index in [0.717, 1.165) is 22.7 Å². The molecule has 0 aliphatic rings. The van der Waals surface area contributed by atoms with Crippen LogP contribution in [0.1, 0.15) is 19.4 Å². The van der Waals surface area contributed by atoms with Crippen molar-refractivity contribution in [3.8, 4) is 11.5 Å². The average Bonchev–Trinajstić information content (AvgIpc) is 2.59. The predicted molar refractivity (Wildman–Crippen MR) is 98.7 cm³/mol. The van der Waals surface area contributed by atoms with Crippen molar-refractivity contribution in [2.45, 2.75) is 20.4 Å². The monoisotopic (exact) mass is 327 g/mol. The third-order valence-corrected chi connectivity index (χ3v) is 3.31. The maximum Gasteiger partial charge on any atom is 0.193 e. The Hall–Kier alpha value is -2.69. The van der Waals surface area contributed by atoms with E-state index in [1.807, 2.05) is 48.5 Å². The number of ether oxygens (including phenoxy) is 2. The summed E-state index contributed by atoms with van der Waals surface area (Å²) in [7, 11) is 1.63. The molecule has 0 bridgehead atoms. The summed E-state index contributed by atoms with van der Waals surface area (Å²) in [4.78, 5) is 4.40. The van der Waals surface area contributed by atoms with Gasteiger partial charge in [0.15, 0.2) is 5.96 Å². The van der Waals surface area contributed by atoms with Gasteiger partial charge >= 0.3 is 0 Å². The van der Waals surface area contributed by atoms with E-state index >= 15 is 0 Å². The fourth-order valence-electron chi connectivity index (χ4n) is 2.09. The smallest absolute Gasteiger partial charge is 0.193 e. The molecular weight excluding hydrogens is 302 g/mol. The molecule has 0 radical (unpaired) electrons. The van der Waals surface area contributed by atoms with E-state index in [2.05, 4.69) is 24.2 Å². The zero-order valence-corrected chi connectivity index (χ0v) is 14.5. The van der Waals surface area contributed by atoms with Gasteiger partial charge in [0, 0.05) is 17.3 Å². The third kappa shape index (κ3) is 5.50. The highest BCUT2D eigenvalue weighted by molar-refractivity contribution is 5.92. The zero-order chi connectivity index (χ0) is 17.4. The molecule has 128 valence electrons. The van der Waals surface area contributed by atoms with Crippen LogP contribution in [0.25, 0.3) is 0 Å². The predicted octanol–water partition coefficient (Wildman–Crippen LogP) is 3.66. The van der Waals surface area contributed by atoms with Crippen LogP contribution in [0.15, 0.2) is 53.5 Å². The highest BCUT2D eigenvalue weighted by Crippen LogP contribution is 2.20. The molecule has 2 aromatic carbocycles. The number of para-hydroxylation sites is 1. The molecule has 0 aliphatic heterocycles. The molecular formula is C19H25N3O2. The molecule has 0 unspecified atom stereocenters. The van der Waals surface area contributed by atoms with Crippen LogP contribution in [0.2, 0.25) is 0 Å². The van der Waals surface area contributed by atoms with Gasteiger partial charge in [0.05, 0.1) is 20.3 Å². The lowest BCUT2D eigenvalue weighted by atomic mass is 10.2. The van der Waals surface area contributed by atoms with Crippen molar-refractivity contribution >= 4 is 11.6 Å². The first kappa shape index (κ1) is 17.7. The second kappa shape index (κ2) is 8.82. The summed E-state index contributed by atoms with van der Waals surface area (Å²) in [5, 5.41) is 3.06. The van der Waals surface area contributed by atoms with Crippen molar-refractivity contribution in [2.24, 2.45) is 16.6 Å². The van der Waals surface area contributed by atoms with Crippen LogP contribution in [0.3, 0.4) is 0 Å². The van der Waals surface area contributed by atoms with Crippen LogP contribution in [0.5, 0.6) is 11.5 Å². The minimum atomic E-state index is 0.349. The number of nitrogens with zero attached hydrogens (tertiary/aromatic N) is 1. The van der Waals surface area contributed by atoms with Gasteiger partial charge in [0.2, 0.25) is 0 Å². The molecule has 5 nitrogen and oxygen atoms in total. The van der Waals surface area contributed by atoms with Gasteiger partial charge in [-0.25, -0.2) is 4.99 Å². The molecule has 2 aromatic rings. The van der Waals surface area contributed by atoms with E-state index in [9.17, 15) is 0 Å². The average molecular weight is 327 g/mol. The first-order valence-corrected chi connectivity index (χ1v) is 8.00. The Labute approximate surface area is 143 Å². The van der Waals surface area contributed by atoms with Crippen LogP contribution in [-0.2, 0) is 6.54 Å². The second-order valence-corrected chi connectivity index (χ2v) is 5.87. The van der Waals surface area contributed by atoms with Crippen molar-refractivity contribution in [1.29, 1.82) is 0 Å². The fourth-order valence-corrected chi connectivity index (χ4v) is 2.09. The van der Waals surface area contributed by atoms with Gasteiger partial charge in [-0.2, -0.15) is 0 Å². The maximum absolute atomic E-state index is 5.97. The molecule has 0 atom stereocenters. The molecule has 2 rings (SSSR count). The number of anilines is 1. The lowest BCUT2D eigenvalue weighted by Crippen LogP contribution is -2.22. The number of benzene rings is 2.